The van der Waals surface area contributed by atoms with Gasteiger partial charge < -0.3 is 9.88 Å². The summed E-state index contributed by atoms with van der Waals surface area (Å²) in [6.07, 6.45) is 3.92. The van der Waals surface area contributed by atoms with Gasteiger partial charge in [-0.1, -0.05) is 19.9 Å². The first kappa shape index (κ1) is 27.8. The highest BCUT2D eigenvalue weighted by Crippen LogP contribution is 2.35. The largest absolute Gasteiger partial charge is 0.355 e. The topological polar surface area (TPSA) is 138 Å². The van der Waals surface area contributed by atoms with E-state index in [9.17, 15) is 21.6 Å². The highest BCUT2D eigenvalue weighted by atomic mass is 32.2. The lowest BCUT2D eigenvalue weighted by Gasteiger charge is -2.28. The zero-order valence-electron chi connectivity index (χ0n) is 22.6. The molecule has 0 amide bonds. The van der Waals surface area contributed by atoms with Gasteiger partial charge in [0.05, 0.1) is 23.0 Å². The molecular weight excluding hydrogens is 540 g/mol. The summed E-state index contributed by atoms with van der Waals surface area (Å²) in [6, 6.07) is 7.27. The summed E-state index contributed by atoms with van der Waals surface area (Å²) in [4.78, 5) is 24.8. The highest BCUT2D eigenvalue weighted by molar-refractivity contribution is 7.91. The van der Waals surface area contributed by atoms with E-state index in [0.717, 1.165) is 30.9 Å². The number of rotatable bonds is 8. The van der Waals surface area contributed by atoms with Crippen molar-refractivity contribution in [1.82, 2.24) is 24.5 Å². The minimum atomic E-state index is -3.14. The predicted molar refractivity (Wildman–Crippen MR) is 150 cm³/mol. The van der Waals surface area contributed by atoms with Crippen LogP contribution in [0.4, 0.5) is 5.82 Å². The summed E-state index contributed by atoms with van der Waals surface area (Å²) in [5, 5.41) is 4.91. The Kier molecular flexibility index (Phi) is 7.59. The maximum absolute atomic E-state index is 13.1. The molecule has 0 bridgehead atoms. The smallest absolute Gasteiger partial charge is 0.275 e. The van der Waals surface area contributed by atoms with Crippen LogP contribution in [0.1, 0.15) is 43.3 Å². The van der Waals surface area contributed by atoms with Crippen LogP contribution in [0.3, 0.4) is 0 Å². The molecular formula is C26H36N6O5S2. The zero-order valence-corrected chi connectivity index (χ0v) is 24.2. The van der Waals surface area contributed by atoms with Crippen LogP contribution in [0, 0.1) is 11.8 Å². The second-order valence-electron chi connectivity index (χ2n) is 11.4. The number of sulfone groups is 2. The molecule has 5 heterocycles. The lowest BCUT2D eigenvalue weighted by atomic mass is 9.88. The van der Waals surface area contributed by atoms with E-state index in [2.05, 4.69) is 28.7 Å². The standard InChI is InChI=1S/C26H36N6O5S2/c1-18(2)12-20-15-30(14-19-4-5-21(27-13-19)17-38(3,34)35)16-22(20)25-28-26(33)23-6-7-24(32(23)29-25)31-8-10-39(36,37)11-9-31/h4-7,13,18,20,22H,8-12,14-17H2,1-3H3,(H,28,29,33)/t20-,22-/m1/s1. The molecule has 3 aromatic heterocycles. The number of anilines is 1. The fourth-order valence-electron chi connectivity index (χ4n) is 5.76. The summed E-state index contributed by atoms with van der Waals surface area (Å²) in [5.41, 5.74) is 1.77. The Bertz CT molecular complexity index is 1600. The van der Waals surface area contributed by atoms with E-state index < -0.39 is 19.7 Å². The molecule has 13 heteroatoms. The number of hydrogen-bond donors (Lipinski definition) is 1. The van der Waals surface area contributed by atoms with Crippen LogP contribution >= 0.6 is 0 Å². The van der Waals surface area contributed by atoms with E-state index in [-0.39, 0.29) is 28.7 Å². The van der Waals surface area contributed by atoms with E-state index >= 15 is 0 Å². The molecule has 0 spiro atoms. The number of likely N-dealkylation sites (tertiary alicyclic amines) is 1. The van der Waals surface area contributed by atoms with Gasteiger partial charge in [0.1, 0.15) is 17.2 Å². The highest BCUT2D eigenvalue weighted by Gasteiger charge is 2.36. The van der Waals surface area contributed by atoms with Gasteiger partial charge in [-0.15, -0.1) is 0 Å². The number of fused-ring (bicyclic) bond motifs is 1. The molecule has 0 unspecified atom stereocenters. The Morgan fingerprint density at radius 2 is 1.85 bits per heavy atom. The Hall–Kier alpha value is -2.77. The van der Waals surface area contributed by atoms with Crippen molar-refractivity contribution in [2.45, 2.75) is 38.5 Å². The van der Waals surface area contributed by atoms with Crippen molar-refractivity contribution in [1.29, 1.82) is 0 Å². The average molecular weight is 577 g/mol. The predicted octanol–water partition coefficient (Wildman–Crippen LogP) is 1.46. The average Bonchev–Trinajstić information content (AvgIpc) is 3.43. The lowest BCUT2D eigenvalue weighted by Crippen LogP contribution is -2.41. The van der Waals surface area contributed by atoms with Crippen LogP contribution in [0.15, 0.2) is 35.3 Å². The van der Waals surface area contributed by atoms with Crippen LogP contribution in [-0.4, -0.2) is 85.3 Å². The van der Waals surface area contributed by atoms with Crippen molar-refractivity contribution in [2.24, 2.45) is 11.8 Å². The first-order valence-corrected chi connectivity index (χ1v) is 17.2. The van der Waals surface area contributed by atoms with Gasteiger partial charge in [0, 0.05) is 51.1 Å². The molecule has 2 aliphatic heterocycles. The molecule has 2 atom stereocenters. The Labute approximate surface area is 229 Å². The molecule has 1 N–H and O–H groups in total. The summed E-state index contributed by atoms with van der Waals surface area (Å²) in [6.45, 7) is 7.37. The van der Waals surface area contributed by atoms with Gasteiger partial charge in [-0.3, -0.25) is 14.7 Å². The normalized spacial score (nSPS) is 22.2. The number of hydrogen-bond acceptors (Lipinski definition) is 9. The van der Waals surface area contributed by atoms with Crippen molar-refractivity contribution in [3.8, 4) is 0 Å². The van der Waals surface area contributed by atoms with Crippen molar-refractivity contribution < 1.29 is 16.8 Å². The number of nitrogens with zero attached hydrogens (tertiary/aromatic N) is 5. The fraction of sp³-hybridized carbons (Fsp3) is 0.577. The van der Waals surface area contributed by atoms with Gasteiger partial charge in [0.25, 0.3) is 5.56 Å². The van der Waals surface area contributed by atoms with Crippen LogP contribution < -0.4 is 10.5 Å². The van der Waals surface area contributed by atoms with Crippen LogP contribution in [-0.2, 0) is 32.0 Å². The van der Waals surface area contributed by atoms with Crippen LogP contribution in [0.2, 0.25) is 0 Å². The molecule has 0 aliphatic carbocycles. The third kappa shape index (κ3) is 6.52. The zero-order chi connectivity index (χ0) is 27.9. The molecule has 11 nitrogen and oxygen atoms in total. The molecule has 3 aromatic rings. The third-order valence-electron chi connectivity index (χ3n) is 7.53. The van der Waals surface area contributed by atoms with E-state index in [1.54, 1.807) is 22.8 Å². The summed E-state index contributed by atoms with van der Waals surface area (Å²) < 4.78 is 48.7. The molecule has 5 rings (SSSR count). The fourth-order valence-corrected chi connectivity index (χ4v) is 7.67. The second-order valence-corrected chi connectivity index (χ2v) is 15.8. The minimum Gasteiger partial charge on any atom is -0.355 e. The Morgan fingerprint density at radius 1 is 1.10 bits per heavy atom. The molecule has 0 aromatic carbocycles. The minimum absolute atomic E-state index is 0.0268. The van der Waals surface area contributed by atoms with Gasteiger partial charge >= 0.3 is 0 Å². The van der Waals surface area contributed by atoms with Gasteiger partial charge in [0.15, 0.2) is 19.7 Å². The third-order valence-corrected chi connectivity index (χ3v) is 9.96. The van der Waals surface area contributed by atoms with Gasteiger partial charge in [0.2, 0.25) is 0 Å². The quantitative estimate of drug-likeness (QED) is 0.422. The molecule has 2 aliphatic rings. The maximum atomic E-state index is 13.1. The van der Waals surface area contributed by atoms with Gasteiger partial charge in [-0.25, -0.2) is 21.4 Å². The van der Waals surface area contributed by atoms with E-state index in [1.807, 2.05) is 17.0 Å². The van der Waals surface area contributed by atoms with E-state index in [0.29, 0.717) is 48.5 Å². The van der Waals surface area contributed by atoms with Crippen molar-refractivity contribution >= 4 is 31.0 Å². The lowest BCUT2D eigenvalue weighted by molar-refractivity contribution is 0.305. The summed E-state index contributed by atoms with van der Waals surface area (Å²) >= 11 is 0. The van der Waals surface area contributed by atoms with Gasteiger partial charge in [-0.2, -0.15) is 5.10 Å². The Balaban J connectivity index is 1.39. The maximum Gasteiger partial charge on any atom is 0.275 e. The number of pyridine rings is 1. The molecule has 2 fully saturated rings. The monoisotopic (exact) mass is 576 g/mol. The first-order chi connectivity index (χ1) is 18.4. The van der Waals surface area contributed by atoms with E-state index in [4.69, 9.17) is 5.10 Å². The number of H-pyrrole nitrogens is 1. The first-order valence-electron chi connectivity index (χ1n) is 13.3. The van der Waals surface area contributed by atoms with Crippen molar-refractivity contribution in [3.63, 3.8) is 0 Å². The molecule has 39 heavy (non-hydrogen) atoms. The van der Waals surface area contributed by atoms with Gasteiger partial charge in [-0.05, 0) is 42.0 Å². The Morgan fingerprint density at radius 3 is 2.49 bits per heavy atom. The molecule has 0 saturated carbocycles. The number of nitrogens with one attached hydrogen (secondary N) is 1. The van der Waals surface area contributed by atoms with Crippen molar-refractivity contribution in [3.05, 3.63) is 57.9 Å². The summed E-state index contributed by atoms with van der Waals surface area (Å²) in [7, 11) is -6.17. The van der Waals surface area contributed by atoms with E-state index in [1.165, 1.54) is 6.26 Å². The number of aromatic amines is 1. The molecule has 2 saturated heterocycles. The summed E-state index contributed by atoms with van der Waals surface area (Å²) in [5.74, 6) is 2.28. The van der Waals surface area contributed by atoms with Crippen molar-refractivity contribution in [2.75, 3.05) is 48.8 Å². The molecule has 0 radical (unpaired) electrons. The van der Waals surface area contributed by atoms with Crippen LogP contribution in [0.25, 0.3) is 5.52 Å². The molecule has 212 valence electrons. The van der Waals surface area contributed by atoms with Crippen LogP contribution in [0.5, 0.6) is 0 Å². The number of aromatic nitrogens is 4. The second kappa shape index (κ2) is 10.7. The SMILES string of the molecule is CC(C)C[C@@H]1CN(Cc2ccc(CS(C)(=O)=O)nc2)C[C@H]1c1nn2c(N3CCS(=O)(=O)CC3)ccc2c(=O)[nH]1.